The minimum atomic E-state index is -0.596. The number of amides is 2. The summed E-state index contributed by atoms with van der Waals surface area (Å²) < 4.78 is 13.7. The zero-order valence-corrected chi connectivity index (χ0v) is 11.1. The predicted molar refractivity (Wildman–Crippen MR) is 73.1 cm³/mol. The van der Waals surface area contributed by atoms with E-state index in [1.165, 1.54) is 12.1 Å². The van der Waals surface area contributed by atoms with Gasteiger partial charge < -0.3 is 16.8 Å². The van der Waals surface area contributed by atoms with Crippen LogP contribution < -0.4 is 16.8 Å². The first-order valence-corrected chi connectivity index (χ1v) is 6.01. The molecule has 0 heterocycles. The van der Waals surface area contributed by atoms with E-state index >= 15 is 0 Å². The topological polar surface area (TPSA) is 98.2 Å². The molecular formula is C14H16FN3O2. The average Bonchev–Trinajstić information content (AvgIpc) is 2.36. The number of halogens is 1. The van der Waals surface area contributed by atoms with Crippen LogP contribution in [0.1, 0.15) is 29.3 Å². The van der Waals surface area contributed by atoms with Crippen LogP contribution in [0.2, 0.25) is 0 Å². The maximum Gasteiger partial charge on any atom is 0.251 e. The fourth-order valence-electron chi connectivity index (χ4n) is 1.56. The predicted octanol–water partition coefficient (Wildman–Crippen LogP) is 0.130. The van der Waals surface area contributed by atoms with Crippen molar-refractivity contribution in [3.8, 4) is 11.8 Å². The van der Waals surface area contributed by atoms with Gasteiger partial charge in [0.2, 0.25) is 5.91 Å². The molecule has 1 aromatic carbocycles. The normalized spacial score (nSPS) is 11.2. The van der Waals surface area contributed by atoms with E-state index in [1.807, 2.05) is 0 Å². The van der Waals surface area contributed by atoms with E-state index in [1.54, 1.807) is 6.92 Å². The second kappa shape index (κ2) is 7.26. The van der Waals surface area contributed by atoms with Crippen LogP contribution in [0.25, 0.3) is 0 Å². The monoisotopic (exact) mass is 277 g/mol. The number of carbonyl (C=O) groups excluding carboxylic acids is 2. The maximum atomic E-state index is 13.7. The van der Waals surface area contributed by atoms with E-state index in [4.69, 9.17) is 11.5 Å². The van der Waals surface area contributed by atoms with Crippen molar-refractivity contribution in [3.05, 3.63) is 35.1 Å². The van der Waals surface area contributed by atoms with E-state index in [2.05, 4.69) is 17.2 Å². The Hall–Kier alpha value is -2.39. The van der Waals surface area contributed by atoms with Gasteiger partial charge in [0.15, 0.2) is 0 Å². The Kier molecular flexibility index (Phi) is 5.69. The Morgan fingerprint density at radius 1 is 1.45 bits per heavy atom. The lowest BCUT2D eigenvalue weighted by Gasteiger charge is -2.12. The standard InChI is InChI=1S/C14H16FN3O2/c1-9(7-13(17)19)18-14(20)11-5-4-10(3-2-6-16)12(15)8-11/h4-5,8-9H,6-7,16H2,1H3,(H2,17,19)(H,18,20). The molecule has 6 heteroatoms. The van der Waals surface area contributed by atoms with Crippen LogP contribution in [0.4, 0.5) is 4.39 Å². The Bertz CT molecular complexity index is 576. The zero-order valence-electron chi connectivity index (χ0n) is 11.1. The second-order valence-corrected chi connectivity index (χ2v) is 4.25. The fraction of sp³-hybridized carbons (Fsp3) is 0.286. The van der Waals surface area contributed by atoms with Crippen LogP contribution in [0.3, 0.4) is 0 Å². The van der Waals surface area contributed by atoms with Crippen molar-refractivity contribution < 1.29 is 14.0 Å². The molecule has 2 amide bonds. The first kappa shape index (κ1) is 15.7. The molecule has 1 aromatic rings. The van der Waals surface area contributed by atoms with Crippen LogP contribution in [0.15, 0.2) is 18.2 Å². The number of carbonyl (C=O) groups is 2. The SMILES string of the molecule is CC(CC(N)=O)NC(=O)c1ccc(C#CCN)c(F)c1. The molecule has 0 bridgehead atoms. The van der Waals surface area contributed by atoms with Crippen molar-refractivity contribution in [3.63, 3.8) is 0 Å². The molecule has 5 nitrogen and oxygen atoms in total. The van der Waals surface area contributed by atoms with Gasteiger partial charge in [0, 0.05) is 18.0 Å². The van der Waals surface area contributed by atoms with Crippen LogP contribution >= 0.6 is 0 Å². The third kappa shape index (κ3) is 4.71. The average molecular weight is 277 g/mol. The van der Waals surface area contributed by atoms with Crippen molar-refractivity contribution in [2.45, 2.75) is 19.4 Å². The van der Waals surface area contributed by atoms with E-state index in [-0.39, 0.29) is 24.1 Å². The molecule has 0 spiro atoms. The van der Waals surface area contributed by atoms with Gasteiger partial charge in [-0.2, -0.15) is 0 Å². The third-order valence-corrected chi connectivity index (χ3v) is 2.44. The summed E-state index contributed by atoms with van der Waals surface area (Å²) >= 11 is 0. The molecule has 1 atom stereocenters. The van der Waals surface area contributed by atoms with Crippen molar-refractivity contribution in [2.24, 2.45) is 11.5 Å². The first-order chi connectivity index (χ1) is 9.43. The molecule has 0 aliphatic carbocycles. The van der Waals surface area contributed by atoms with Crippen molar-refractivity contribution >= 4 is 11.8 Å². The van der Waals surface area contributed by atoms with E-state index in [9.17, 15) is 14.0 Å². The minimum Gasteiger partial charge on any atom is -0.370 e. The Morgan fingerprint density at radius 3 is 2.70 bits per heavy atom. The van der Waals surface area contributed by atoms with E-state index in [0.29, 0.717) is 0 Å². The molecule has 106 valence electrons. The van der Waals surface area contributed by atoms with Gasteiger partial charge in [-0.3, -0.25) is 9.59 Å². The van der Waals surface area contributed by atoms with Crippen LogP contribution in [0, 0.1) is 17.7 Å². The summed E-state index contributed by atoms with van der Waals surface area (Å²) in [4.78, 5) is 22.5. The first-order valence-electron chi connectivity index (χ1n) is 6.01. The lowest BCUT2D eigenvalue weighted by atomic mass is 10.1. The summed E-state index contributed by atoms with van der Waals surface area (Å²) in [5.74, 6) is 3.51. The van der Waals surface area contributed by atoms with Gasteiger partial charge in [-0.25, -0.2) is 4.39 Å². The summed E-state index contributed by atoms with van der Waals surface area (Å²) in [5, 5.41) is 2.55. The highest BCUT2D eigenvalue weighted by molar-refractivity contribution is 5.94. The van der Waals surface area contributed by atoms with Gasteiger partial charge in [-0.15, -0.1) is 0 Å². The number of hydrogen-bond acceptors (Lipinski definition) is 3. The highest BCUT2D eigenvalue weighted by Crippen LogP contribution is 2.10. The highest BCUT2D eigenvalue weighted by atomic mass is 19.1. The van der Waals surface area contributed by atoms with Crippen LogP contribution in [0.5, 0.6) is 0 Å². The number of benzene rings is 1. The molecule has 0 saturated heterocycles. The van der Waals surface area contributed by atoms with Gasteiger partial charge in [-0.05, 0) is 25.1 Å². The molecule has 0 aliphatic heterocycles. The van der Waals surface area contributed by atoms with Gasteiger partial charge in [0.1, 0.15) is 5.82 Å². The minimum absolute atomic E-state index is 0.0221. The molecule has 5 N–H and O–H groups in total. The summed E-state index contributed by atoms with van der Waals surface area (Å²) in [6.07, 6.45) is 0.0221. The number of nitrogens with two attached hydrogens (primary N) is 2. The molecular weight excluding hydrogens is 261 g/mol. The number of nitrogens with one attached hydrogen (secondary N) is 1. The highest BCUT2D eigenvalue weighted by Gasteiger charge is 2.13. The van der Waals surface area contributed by atoms with Crippen molar-refractivity contribution in [1.29, 1.82) is 0 Å². The molecule has 0 saturated carbocycles. The van der Waals surface area contributed by atoms with Gasteiger partial charge in [0.25, 0.3) is 5.91 Å². The number of rotatable bonds is 4. The van der Waals surface area contributed by atoms with Crippen LogP contribution in [-0.4, -0.2) is 24.4 Å². The Morgan fingerprint density at radius 2 is 2.15 bits per heavy atom. The fourth-order valence-corrected chi connectivity index (χ4v) is 1.56. The van der Waals surface area contributed by atoms with Gasteiger partial charge >= 0.3 is 0 Å². The summed E-state index contributed by atoms with van der Waals surface area (Å²) in [7, 11) is 0. The van der Waals surface area contributed by atoms with Crippen molar-refractivity contribution in [2.75, 3.05) is 6.54 Å². The Balaban J connectivity index is 2.79. The third-order valence-electron chi connectivity index (χ3n) is 2.44. The molecule has 1 rings (SSSR count). The molecule has 0 aromatic heterocycles. The maximum absolute atomic E-state index is 13.7. The number of primary amides is 1. The van der Waals surface area contributed by atoms with Gasteiger partial charge in [-0.1, -0.05) is 11.8 Å². The van der Waals surface area contributed by atoms with E-state index < -0.39 is 23.7 Å². The second-order valence-electron chi connectivity index (χ2n) is 4.25. The molecule has 0 radical (unpaired) electrons. The quantitative estimate of drug-likeness (QED) is 0.682. The lowest BCUT2D eigenvalue weighted by Crippen LogP contribution is -2.35. The van der Waals surface area contributed by atoms with Gasteiger partial charge in [0.05, 0.1) is 12.1 Å². The number of hydrogen-bond donors (Lipinski definition) is 3. The molecule has 0 aliphatic rings. The lowest BCUT2D eigenvalue weighted by molar-refractivity contribution is -0.118. The summed E-state index contributed by atoms with van der Waals surface area (Å²) in [5.41, 5.74) is 10.6. The smallest absolute Gasteiger partial charge is 0.251 e. The largest absolute Gasteiger partial charge is 0.370 e. The molecule has 20 heavy (non-hydrogen) atoms. The molecule has 0 fully saturated rings. The van der Waals surface area contributed by atoms with E-state index in [0.717, 1.165) is 6.07 Å². The Labute approximate surface area is 116 Å². The van der Waals surface area contributed by atoms with Crippen molar-refractivity contribution in [1.82, 2.24) is 5.32 Å². The summed E-state index contributed by atoms with van der Waals surface area (Å²) in [6.45, 7) is 1.77. The summed E-state index contributed by atoms with van der Waals surface area (Å²) in [6, 6.07) is 3.54. The zero-order chi connectivity index (χ0) is 15.1. The van der Waals surface area contributed by atoms with Crippen LogP contribution in [-0.2, 0) is 4.79 Å². The molecule has 1 unspecified atom stereocenters.